The maximum absolute atomic E-state index is 12.8. The first kappa shape index (κ1) is 16.8. The molecule has 0 saturated carbocycles. The van der Waals surface area contributed by atoms with Crippen LogP contribution in [-0.4, -0.2) is 40.5 Å². The Balaban J connectivity index is 0.00000161. The predicted octanol–water partition coefficient (Wildman–Crippen LogP) is 3.22. The molecule has 1 amide bonds. The van der Waals surface area contributed by atoms with Crippen molar-refractivity contribution >= 4 is 34.2 Å². The summed E-state index contributed by atoms with van der Waals surface area (Å²) in [6.07, 6.45) is 5.54. The fraction of sp³-hybridized carbons (Fsp3) is 0.667. The van der Waals surface area contributed by atoms with Crippen LogP contribution >= 0.6 is 28.3 Å². The quantitative estimate of drug-likeness (QED) is 0.860. The Morgan fingerprint density at radius 3 is 2.76 bits per heavy atom. The van der Waals surface area contributed by atoms with Crippen molar-refractivity contribution in [2.75, 3.05) is 13.1 Å². The third kappa shape index (κ3) is 3.46. The highest BCUT2D eigenvalue weighted by atomic mass is 79.9. The lowest BCUT2D eigenvalue weighted by molar-refractivity contribution is 0.0735. The van der Waals surface area contributed by atoms with E-state index in [4.69, 9.17) is 0 Å². The third-order valence-electron chi connectivity index (χ3n) is 4.40. The van der Waals surface area contributed by atoms with Gasteiger partial charge in [0.1, 0.15) is 5.69 Å². The number of nitrogens with zero attached hydrogens (tertiary/aromatic N) is 2. The van der Waals surface area contributed by atoms with Gasteiger partial charge in [0.25, 0.3) is 5.91 Å². The number of carbonyl (C=O) groups is 1. The van der Waals surface area contributed by atoms with Crippen molar-refractivity contribution in [3.8, 4) is 0 Å². The van der Waals surface area contributed by atoms with Crippen LogP contribution in [0.4, 0.5) is 0 Å². The molecule has 2 aliphatic heterocycles. The second kappa shape index (κ2) is 6.71. The van der Waals surface area contributed by atoms with E-state index < -0.39 is 0 Å². The van der Waals surface area contributed by atoms with Gasteiger partial charge in [-0.2, -0.15) is 0 Å². The van der Waals surface area contributed by atoms with Gasteiger partial charge in [0.05, 0.1) is 0 Å². The molecule has 2 atom stereocenters. The van der Waals surface area contributed by atoms with E-state index in [0.717, 1.165) is 29.7 Å². The topological polar surface area (TPSA) is 37.3 Å². The van der Waals surface area contributed by atoms with Crippen molar-refractivity contribution in [3.05, 3.63) is 22.4 Å². The summed E-state index contributed by atoms with van der Waals surface area (Å²) in [6.45, 7) is 5.93. The molecule has 2 bridgehead atoms. The van der Waals surface area contributed by atoms with Crippen LogP contribution in [-0.2, 0) is 0 Å². The highest BCUT2D eigenvalue weighted by molar-refractivity contribution is 9.10. The highest BCUT2D eigenvalue weighted by Crippen LogP contribution is 2.24. The van der Waals surface area contributed by atoms with Crippen LogP contribution in [0.2, 0.25) is 0 Å². The minimum Gasteiger partial charge on any atom is -0.340 e. The largest absolute Gasteiger partial charge is 0.340 e. The van der Waals surface area contributed by atoms with Crippen LogP contribution in [0.1, 0.15) is 49.6 Å². The molecule has 1 aromatic rings. The molecule has 0 aliphatic carbocycles. The number of hydrogen-bond acceptors (Lipinski definition) is 2. The van der Waals surface area contributed by atoms with Gasteiger partial charge < -0.3 is 14.8 Å². The zero-order chi connectivity index (χ0) is 14.3. The van der Waals surface area contributed by atoms with E-state index in [1.807, 2.05) is 17.2 Å². The van der Waals surface area contributed by atoms with Crippen molar-refractivity contribution in [3.63, 3.8) is 0 Å². The molecule has 3 heterocycles. The summed E-state index contributed by atoms with van der Waals surface area (Å²) in [5.41, 5.74) is 0.796. The average molecular weight is 377 g/mol. The van der Waals surface area contributed by atoms with Crippen molar-refractivity contribution in [2.24, 2.45) is 0 Å². The molecule has 2 fully saturated rings. The molecule has 1 aromatic heterocycles. The Hall–Kier alpha value is -0.520. The monoisotopic (exact) mass is 375 g/mol. The van der Waals surface area contributed by atoms with Crippen LogP contribution in [0, 0.1) is 0 Å². The van der Waals surface area contributed by atoms with Gasteiger partial charge in [0, 0.05) is 41.9 Å². The second-order valence-electron chi connectivity index (χ2n) is 6.22. The van der Waals surface area contributed by atoms with E-state index in [1.54, 1.807) is 0 Å². The molecular formula is C15H23BrClN3O. The summed E-state index contributed by atoms with van der Waals surface area (Å²) < 4.78 is 3.03. The van der Waals surface area contributed by atoms with Gasteiger partial charge in [-0.15, -0.1) is 12.4 Å². The van der Waals surface area contributed by atoms with Crippen molar-refractivity contribution in [1.82, 2.24) is 14.8 Å². The highest BCUT2D eigenvalue weighted by Gasteiger charge is 2.32. The van der Waals surface area contributed by atoms with Gasteiger partial charge >= 0.3 is 0 Å². The molecule has 2 saturated heterocycles. The lowest BCUT2D eigenvalue weighted by Crippen LogP contribution is -2.39. The van der Waals surface area contributed by atoms with E-state index in [1.165, 1.54) is 12.8 Å². The van der Waals surface area contributed by atoms with Gasteiger partial charge in [-0.25, -0.2) is 0 Å². The van der Waals surface area contributed by atoms with E-state index in [9.17, 15) is 4.79 Å². The van der Waals surface area contributed by atoms with Gasteiger partial charge in [-0.1, -0.05) is 0 Å². The van der Waals surface area contributed by atoms with Crippen LogP contribution in [0.25, 0.3) is 0 Å². The SMILES string of the molecule is CC(C)n1cc(Br)cc1C(=O)N1CCC2CCC(C1)N2.Cl. The Bertz CT molecular complexity index is 517. The van der Waals surface area contributed by atoms with E-state index in [0.29, 0.717) is 18.1 Å². The number of halogens is 2. The summed E-state index contributed by atoms with van der Waals surface area (Å²) in [7, 11) is 0. The molecule has 6 heteroatoms. The fourth-order valence-electron chi connectivity index (χ4n) is 3.33. The lowest BCUT2D eigenvalue weighted by Gasteiger charge is -2.25. The zero-order valence-electron chi connectivity index (χ0n) is 12.5. The second-order valence-corrected chi connectivity index (χ2v) is 7.14. The number of nitrogens with one attached hydrogen (secondary N) is 1. The van der Waals surface area contributed by atoms with E-state index >= 15 is 0 Å². The van der Waals surface area contributed by atoms with Gasteiger partial charge in [0.2, 0.25) is 0 Å². The van der Waals surface area contributed by atoms with E-state index in [2.05, 4.69) is 39.7 Å². The summed E-state index contributed by atoms with van der Waals surface area (Å²) in [5.74, 6) is 0.166. The fourth-order valence-corrected chi connectivity index (χ4v) is 3.77. The first-order valence-corrected chi connectivity index (χ1v) is 8.26. The third-order valence-corrected chi connectivity index (χ3v) is 4.83. The first-order chi connectivity index (χ1) is 9.54. The average Bonchev–Trinajstić information content (AvgIpc) is 2.92. The summed E-state index contributed by atoms with van der Waals surface area (Å²) in [4.78, 5) is 14.8. The Morgan fingerprint density at radius 2 is 2.05 bits per heavy atom. The van der Waals surface area contributed by atoms with Crippen LogP contribution in [0.5, 0.6) is 0 Å². The number of hydrogen-bond donors (Lipinski definition) is 1. The summed E-state index contributed by atoms with van der Waals surface area (Å²) in [5, 5.41) is 3.62. The van der Waals surface area contributed by atoms with Crippen LogP contribution in [0.3, 0.4) is 0 Å². The number of likely N-dealkylation sites (tertiary alicyclic amines) is 1. The molecule has 2 unspecified atom stereocenters. The zero-order valence-corrected chi connectivity index (χ0v) is 14.9. The Labute approximate surface area is 140 Å². The van der Waals surface area contributed by atoms with Crippen LogP contribution < -0.4 is 5.32 Å². The standard InChI is InChI=1S/C15H22BrN3O.ClH/c1-10(2)19-8-11(16)7-14(19)15(20)18-6-5-12-3-4-13(9-18)17-12;/h7-8,10,12-13,17H,3-6,9H2,1-2H3;1H. The van der Waals surface area contributed by atoms with Gasteiger partial charge in [-0.3, -0.25) is 4.79 Å². The van der Waals surface area contributed by atoms with Gasteiger partial charge in [-0.05, 0) is 55.1 Å². The molecule has 21 heavy (non-hydrogen) atoms. The number of amides is 1. The van der Waals surface area contributed by atoms with Crippen LogP contribution in [0.15, 0.2) is 16.7 Å². The number of carbonyl (C=O) groups excluding carboxylic acids is 1. The number of aromatic nitrogens is 1. The molecule has 0 aromatic carbocycles. The van der Waals surface area contributed by atoms with Crippen molar-refractivity contribution in [2.45, 2.75) is 51.2 Å². The first-order valence-electron chi connectivity index (χ1n) is 7.47. The Kier molecular flexibility index (Phi) is 5.38. The minimum absolute atomic E-state index is 0. The molecule has 118 valence electrons. The molecule has 1 N–H and O–H groups in total. The molecule has 2 aliphatic rings. The maximum Gasteiger partial charge on any atom is 0.270 e. The molecular weight excluding hydrogens is 354 g/mol. The Morgan fingerprint density at radius 1 is 1.33 bits per heavy atom. The predicted molar refractivity (Wildman–Crippen MR) is 90.2 cm³/mol. The maximum atomic E-state index is 12.8. The molecule has 0 spiro atoms. The van der Waals surface area contributed by atoms with Gasteiger partial charge in [0.15, 0.2) is 0 Å². The number of rotatable bonds is 2. The number of fused-ring (bicyclic) bond motifs is 2. The molecule has 3 rings (SSSR count). The van der Waals surface area contributed by atoms with Crippen molar-refractivity contribution < 1.29 is 4.79 Å². The minimum atomic E-state index is 0. The van der Waals surface area contributed by atoms with Crippen molar-refractivity contribution in [1.29, 1.82) is 0 Å². The smallest absolute Gasteiger partial charge is 0.270 e. The molecule has 4 nitrogen and oxygen atoms in total. The molecule has 0 radical (unpaired) electrons. The lowest BCUT2D eigenvalue weighted by atomic mass is 10.1. The normalized spacial score (nSPS) is 24.9. The van der Waals surface area contributed by atoms with E-state index in [-0.39, 0.29) is 18.3 Å². The summed E-state index contributed by atoms with van der Waals surface area (Å²) in [6, 6.07) is 3.33. The summed E-state index contributed by atoms with van der Waals surface area (Å²) >= 11 is 3.49.